The van der Waals surface area contributed by atoms with Crippen molar-refractivity contribution in [2.45, 2.75) is 32.4 Å². The second-order valence-electron chi connectivity index (χ2n) is 4.27. The normalized spacial score (nSPS) is 12.6. The third-order valence-electron chi connectivity index (χ3n) is 2.90. The molecule has 0 amide bonds. The van der Waals surface area contributed by atoms with Crippen LogP contribution >= 0.6 is 11.6 Å². The lowest BCUT2D eigenvalue weighted by molar-refractivity contribution is 0.170. The number of nitrogens with zero attached hydrogens (tertiary/aromatic N) is 3. The van der Waals surface area contributed by atoms with Gasteiger partial charge in [0.1, 0.15) is 18.0 Å². The zero-order chi connectivity index (χ0) is 13.8. The van der Waals surface area contributed by atoms with Crippen LogP contribution in [0.5, 0.6) is 0 Å². The lowest BCUT2D eigenvalue weighted by Gasteiger charge is -2.11. The molecule has 0 aliphatic heterocycles. The van der Waals surface area contributed by atoms with Crippen LogP contribution in [0.25, 0.3) is 0 Å². The van der Waals surface area contributed by atoms with Crippen LogP contribution in [0.15, 0.2) is 24.5 Å². The Hall–Kier alpha value is -1.46. The first kappa shape index (κ1) is 14.0. The molecule has 6 heteroatoms. The second-order valence-corrected chi connectivity index (χ2v) is 4.67. The van der Waals surface area contributed by atoms with Crippen molar-refractivity contribution in [1.82, 2.24) is 14.8 Å². The van der Waals surface area contributed by atoms with Crippen molar-refractivity contribution < 1.29 is 9.50 Å². The number of hydrogen-bond acceptors (Lipinski definition) is 3. The molecule has 102 valence electrons. The van der Waals surface area contributed by atoms with Crippen LogP contribution in [0.3, 0.4) is 0 Å². The Bertz CT molecular complexity index is 559. The van der Waals surface area contributed by atoms with Gasteiger partial charge in [-0.1, -0.05) is 23.7 Å². The molecule has 4 nitrogen and oxygen atoms in total. The highest BCUT2D eigenvalue weighted by atomic mass is 35.5. The Morgan fingerprint density at radius 2 is 2.21 bits per heavy atom. The van der Waals surface area contributed by atoms with Crippen molar-refractivity contribution in [2.75, 3.05) is 0 Å². The van der Waals surface area contributed by atoms with E-state index < -0.39 is 11.9 Å². The molecule has 1 aromatic heterocycles. The van der Waals surface area contributed by atoms with E-state index in [0.717, 1.165) is 0 Å². The Kier molecular flexibility index (Phi) is 4.50. The van der Waals surface area contributed by atoms with Gasteiger partial charge in [-0.25, -0.2) is 9.37 Å². The first-order valence-corrected chi connectivity index (χ1v) is 6.47. The summed E-state index contributed by atoms with van der Waals surface area (Å²) in [5.41, 5.74) is 0.405. The van der Waals surface area contributed by atoms with Gasteiger partial charge in [0.25, 0.3) is 0 Å². The Labute approximate surface area is 115 Å². The average Bonchev–Trinajstić information content (AvgIpc) is 2.82. The molecule has 1 atom stereocenters. The number of aromatic nitrogens is 3. The van der Waals surface area contributed by atoms with Crippen LogP contribution in [-0.4, -0.2) is 26.0 Å². The van der Waals surface area contributed by atoms with Gasteiger partial charge < -0.3 is 5.11 Å². The number of rotatable bonds is 5. The van der Waals surface area contributed by atoms with Crippen molar-refractivity contribution >= 4 is 11.6 Å². The lowest BCUT2D eigenvalue weighted by atomic mass is 10.0. The first-order valence-electron chi connectivity index (χ1n) is 6.09. The zero-order valence-electron chi connectivity index (χ0n) is 10.6. The third kappa shape index (κ3) is 3.30. The fourth-order valence-electron chi connectivity index (χ4n) is 1.95. The molecule has 0 spiro atoms. The maximum absolute atomic E-state index is 13.7. The topological polar surface area (TPSA) is 50.9 Å². The van der Waals surface area contributed by atoms with Crippen LogP contribution in [-0.2, 0) is 19.4 Å². The molecule has 0 saturated heterocycles. The summed E-state index contributed by atoms with van der Waals surface area (Å²) >= 11 is 5.70. The highest BCUT2D eigenvalue weighted by Gasteiger charge is 2.14. The van der Waals surface area contributed by atoms with Crippen LogP contribution in [0.1, 0.15) is 18.3 Å². The van der Waals surface area contributed by atoms with E-state index >= 15 is 0 Å². The molecule has 0 bridgehead atoms. The predicted molar refractivity (Wildman–Crippen MR) is 70.5 cm³/mol. The molecule has 1 aromatic carbocycles. The summed E-state index contributed by atoms with van der Waals surface area (Å²) in [6.45, 7) is 2.63. The molecule has 2 aromatic rings. The average molecular weight is 284 g/mol. The second kappa shape index (κ2) is 6.12. The van der Waals surface area contributed by atoms with Gasteiger partial charge in [0, 0.05) is 19.4 Å². The fraction of sp³-hybridized carbons (Fsp3) is 0.385. The van der Waals surface area contributed by atoms with E-state index in [0.29, 0.717) is 24.4 Å². The SMILES string of the molecule is CCn1ncnc1CC(O)Cc1cccc(Cl)c1F. The van der Waals surface area contributed by atoms with E-state index in [-0.39, 0.29) is 11.4 Å². The smallest absolute Gasteiger partial charge is 0.145 e. The molecule has 0 radical (unpaired) electrons. The molecule has 1 N–H and O–H groups in total. The van der Waals surface area contributed by atoms with Crippen LogP contribution in [0.4, 0.5) is 4.39 Å². The molecule has 0 saturated carbocycles. The monoisotopic (exact) mass is 283 g/mol. The molecular formula is C13H15ClFN3O. The number of halogens is 2. The minimum atomic E-state index is -0.720. The number of benzene rings is 1. The van der Waals surface area contributed by atoms with E-state index in [1.54, 1.807) is 16.8 Å². The quantitative estimate of drug-likeness (QED) is 0.915. The van der Waals surface area contributed by atoms with E-state index in [1.807, 2.05) is 6.92 Å². The molecule has 0 aliphatic carbocycles. The molecule has 1 unspecified atom stereocenters. The summed E-state index contributed by atoms with van der Waals surface area (Å²) in [4.78, 5) is 4.08. The van der Waals surface area contributed by atoms with Gasteiger partial charge in [-0.05, 0) is 18.6 Å². The summed E-state index contributed by atoms with van der Waals surface area (Å²) in [5.74, 6) is 0.220. The van der Waals surface area contributed by atoms with Gasteiger partial charge in [-0.3, -0.25) is 4.68 Å². The van der Waals surface area contributed by atoms with Gasteiger partial charge in [-0.15, -0.1) is 0 Å². The van der Waals surface area contributed by atoms with Gasteiger partial charge in [0.05, 0.1) is 11.1 Å². The third-order valence-corrected chi connectivity index (χ3v) is 3.19. The molecule has 1 heterocycles. The Balaban J connectivity index is 2.05. The van der Waals surface area contributed by atoms with Gasteiger partial charge in [-0.2, -0.15) is 5.10 Å². The minimum absolute atomic E-state index is 0.0708. The molecule has 2 rings (SSSR count). The largest absolute Gasteiger partial charge is 0.392 e. The van der Waals surface area contributed by atoms with Crippen LogP contribution in [0.2, 0.25) is 5.02 Å². The van der Waals surface area contributed by atoms with Crippen LogP contribution < -0.4 is 0 Å². The van der Waals surface area contributed by atoms with Crippen molar-refractivity contribution in [3.63, 3.8) is 0 Å². The van der Waals surface area contributed by atoms with Crippen LogP contribution in [0, 0.1) is 5.82 Å². The summed E-state index contributed by atoms with van der Waals surface area (Å²) in [7, 11) is 0. The Morgan fingerprint density at radius 3 is 2.95 bits per heavy atom. The predicted octanol–water partition coefficient (Wildman–Crippen LogP) is 2.24. The van der Waals surface area contributed by atoms with E-state index in [1.165, 1.54) is 12.4 Å². The van der Waals surface area contributed by atoms with Gasteiger partial charge in [0.2, 0.25) is 0 Å². The van der Waals surface area contributed by atoms with E-state index in [9.17, 15) is 9.50 Å². The molecule has 0 aliphatic rings. The van der Waals surface area contributed by atoms with E-state index in [4.69, 9.17) is 11.6 Å². The Morgan fingerprint density at radius 1 is 1.42 bits per heavy atom. The summed E-state index contributed by atoms with van der Waals surface area (Å²) in [6, 6.07) is 4.78. The minimum Gasteiger partial charge on any atom is -0.392 e. The highest BCUT2D eigenvalue weighted by Crippen LogP contribution is 2.19. The molecule has 19 heavy (non-hydrogen) atoms. The molecular weight excluding hydrogens is 269 g/mol. The number of aryl methyl sites for hydroxylation is 1. The van der Waals surface area contributed by atoms with E-state index in [2.05, 4.69) is 10.1 Å². The zero-order valence-corrected chi connectivity index (χ0v) is 11.3. The molecule has 0 fully saturated rings. The lowest BCUT2D eigenvalue weighted by Crippen LogP contribution is -2.18. The van der Waals surface area contributed by atoms with Gasteiger partial charge in [0.15, 0.2) is 0 Å². The fourth-order valence-corrected chi connectivity index (χ4v) is 2.15. The van der Waals surface area contributed by atoms with Crippen molar-refractivity contribution in [2.24, 2.45) is 0 Å². The maximum atomic E-state index is 13.7. The number of aliphatic hydroxyl groups excluding tert-OH is 1. The number of hydrogen-bond donors (Lipinski definition) is 1. The van der Waals surface area contributed by atoms with Crippen molar-refractivity contribution in [3.8, 4) is 0 Å². The van der Waals surface area contributed by atoms with Crippen molar-refractivity contribution in [3.05, 3.63) is 46.8 Å². The standard InChI is InChI=1S/C13H15ClFN3O/c1-2-18-12(16-8-17-18)7-10(19)6-9-4-3-5-11(14)13(9)15/h3-5,8,10,19H,2,6-7H2,1H3. The summed E-state index contributed by atoms with van der Waals surface area (Å²) in [5, 5.41) is 14.1. The summed E-state index contributed by atoms with van der Waals surface area (Å²) < 4.78 is 15.4. The maximum Gasteiger partial charge on any atom is 0.145 e. The number of aliphatic hydroxyl groups is 1. The first-order chi connectivity index (χ1) is 9.11. The highest BCUT2D eigenvalue weighted by molar-refractivity contribution is 6.30. The summed E-state index contributed by atoms with van der Waals surface area (Å²) in [6.07, 6.45) is 1.26. The van der Waals surface area contributed by atoms with Gasteiger partial charge >= 0.3 is 0 Å². The van der Waals surface area contributed by atoms with Crippen molar-refractivity contribution in [1.29, 1.82) is 0 Å².